The first kappa shape index (κ1) is 14.2. The molecule has 2 atom stereocenters. The average Bonchev–Trinajstić information content (AvgIpc) is 2.97. The topological polar surface area (TPSA) is 55.6 Å². The van der Waals surface area contributed by atoms with Gasteiger partial charge in [-0.3, -0.25) is 4.79 Å². The zero-order valence-corrected chi connectivity index (χ0v) is 13.4. The molecule has 0 spiro atoms. The summed E-state index contributed by atoms with van der Waals surface area (Å²) >= 11 is 1.46. The molecule has 1 aliphatic heterocycles. The van der Waals surface area contributed by atoms with Gasteiger partial charge in [-0.15, -0.1) is 11.3 Å². The van der Waals surface area contributed by atoms with Gasteiger partial charge in [0.25, 0.3) is 5.91 Å². The standard InChI is InChI=1S/C16H20N2O2S/c1-9-6-10(2)18(8-9)16(19)15-14(17)12-5-4-11(20-3)7-13(12)21-15/h4-5,7,9-10H,6,8,17H2,1-3H3. The van der Waals surface area contributed by atoms with E-state index >= 15 is 0 Å². The molecule has 2 aromatic rings. The zero-order chi connectivity index (χ0) is 15.1. The molecule has 5 heteroatoms. The number of amides is 1. The molecule has 1 saturated heterocycles. The van der Waals surface area contributed by atoms with Gasteiger partial charge in [-0.25, -0.2) is 0 Å². The zero-order valence-electron chi connectivity index (χ0n) is 12.6. The number of methoxy groups -OCH3 is 1. The van der Waals surface area contributed by atoms with Crippen LogP contribution in [0.4, 0.5) is 5.69 Å². The van der Waals surface area contributed by atoms with Crippen LogP contribution >= 0.6 is 11.3 Å². The summed E-state index contributed by atoms with van der Waals surface area (Å²) in [6.45, 7) is 5.11. The number of fused-ring (bicyclic) bond motifs is 1. The Kier molecular flexibility index (Phi) is 3.53. The quantitative estimate of drug-likeness (QED) is 0.925. The third-order valence-corrected chi connectivity index (χ3v) is 5.33. The van der Waals surface area contributed by atoms with Gasteiger partial charge in [0.15, 0.2) is 0 Å². The molecule has 0 radical (unpaired) electrons. The molecule has 1 aliphatic rings. The normalized spacial score (nSPS) is 22.0. The lowest BCUT2D eigenvalue weighted by Gasteiger charge is -2.20. The molecular weight excluding hydrogens is 284 g/mol. The molecule has 3 rings (SSSR count). The van der Waals surface area contributed by atoms with Crippen molar-refractivity contribution in [2.45, 2.75) is 26.3 Å². The third-order valence-electron chi connectivity index (χ3n) is 4.17. The Morgan fingerprint density at radius 2 is 2.19 bits per heavy atom. The van der Waals surface area contributed by atoms with Gasteiger partial charge in [0.1, 0.15) is 10.6 Å². The molecule has 1 aromatic carbocycles. The largest absolute Gasteiger partial charge is 0.497 e. The van der Waals surface area contributed by atoms with E-state index in [9.17, 15) is 4.79 Å². The maximum atomic E-state index is 12.8. The first-order chi connectivity index (χ1) is 10.0. The van der Waals surface area contributed by atoms with Gasteiger partial charge in [-0.2, -0.15) is 0 Å². The molecule has 1 fully saturated rings. The molecule has 0 bridgehead atoms. The number of nitrogens with zero attached hydrogens (tertiary/aromatic N) is 1. The second-order valence-electron chi connectivity index (χ2n) is 5.85. The highest BCUT2D eigenvalue weighted by Crippen LogP contribution is 2.37. The summed E-state index contributed by atoms with van der Waals surface area (Å²) in [7, 11) is 1.64. The molecule has 0 saturated carbocycles. The fraction of sp³-hybridized carbons (Fsp3) is 0.438. The monoisotopic (exact) mass is 304 g/mol. The van der Waals surface area contributed by atoms with Crippen LogP contribution < -0.4 is 10.5 Å². The molecule has 1 aromatic heterocycles. The van der Waals surface area contributed by atoms with E-state index in [0.29, 0.717) is 16.5 Å². The van der Waals surface area contributed by atoms with Gasteiger partial charge in [0.2, 0.25) is 0 Å². The second-order valence-corrected chi connectivity index (χ2v) is 6.91. The molecule has 2 N–H and O–H groups in total. The number of carbonyl (C=O) groups excluding carboxylic acids is 1. The van der Waals surface area contributed by atoms with Gasteiger partial charge in [-0.05, 0) is 37.5 Å². The Labute approximate surface area is 128 Å². The van der Waals surface area contributed by atoms with Crippen molar-refractivity contribution in [3.63, 3.8) is 0 Å². The van der Waals surface area contributed by atoms with Crippen LogP contribution in [0.1, 0.15) is 29.9 Å². The minimum Gasteiger partial charge on any atom is -0.497 e. The Morgan fingerprint density at radius 3 is 2.81 bits per heavy atom. The van der Waals surface area contributed by atoms with E-state index in [0.717, 1.165) is 28.8 Å². The van der Waals surface area contributed by atoms with Crippen molar-refractivity contribution >= 4 is 33.0 Å². The van der Waals surface area contributed by atoms with Gasteiger partial charge < -0.3 is 15.4 Å². The maximum Gasteiger partial charge on any atom is 0.266 e. The predicted molar refractivity (Wildman–Crippen MR) is 87.1 cm³/mol. The highest BCUT2D eigenvalue weighted by Gasteiger charge is 2.32. The summed E-state index contributed by atoms with van der Waals surface area (Å²) in [6, 6.07) is 6.02. The van der Waals surface area contributed by atoms with E-state index in [-0.39, 0.29) is 11.9 Å². The molecule has 0 aliphatic carbocycles. The average molecular weight is 304 g/mol. The fourth-order valence-electron chi connectivity index (χ4n) is 3.10. The van der Waals surface area contributed by atoms with E-state index in [2.05, 4.69) is 13.8 Å². The molecule has 2 unspecified atom stereocenters. The lowest BCUT2D eigenvalue weighted by molar-refractivity contribution is 0.0749. The summed E-state index contributed by atoms with van der Waals surface area (Å²) in [4.78, 5) is 15.4. The van der Waals surface area contributed by atoms with Crippen LogP contribution in [0.5, 0.6) is 5.75 Å². The van der Waals surface area contributed by atoms with E-state index in [1.54, 1.807) is 7.11 Å². The summed E-state index contributed by atoms with van der Waals surface area (Å²) in [5.41, 5.74) is 6.79. The van der Waals surface area contributed by atoms with Crippen LogP contribution in [0.2, 0.25) is 0 Å². The van der Waals surface area contributed by atoms with Crippen molar-refractivity contribution in [3.05, 3.63) is 23.1 Å². The van der Waals surface area contributed by atoms with Crippen molar-refractivity contribution < 1.29 is 9.53 Å². The molecule has 1 amide bonds. The van der Waals surface area contributed by atoms with E-state index in [1.807, 2.05) is 23.1 Å². The molecular formula is C16H20N2O2S. The molecule has 112 valence electrons. The van der Waals surface area contributed by atoms with Gasteiger partial charge in [0.05, 0.1) is 12.8 Å². The summed E-state index contributed by atoms with van der Waals surface area (Å²) in [5, 5.41) is 0.934. The van der Waals surface area contributed by atoms with Crippen molar-refractivity contribution in [3.8, 4) is 5.75 Å². The molecule has 2 heterocycles. The van der Waals surface area contributed by atoms with Crippen molar-refractivity contribution in [2.75, 3.05) is 19.4 Å². The number of likely N-dealkylation sites (tertiary alicyclic amines) is 1. The van der Waals surface area contributed by atoms with Crippen molar-refractivity contribution in [2.24, 2.45) is 5.92 Å². The Hall–Kier alpha value is -1.75. The number of anilines is 1. The SMILES string of the molecule is COc1ccc2c(N)c(C(=O)N3CC(C)CC3C)sc2c1. The number of carbonyl (C=O) groups is 1. The first-order valence-electron chi connectivity index (χ1n) is 7.18. The Balaban J connectivity index is 2.00. The maximum absolute atomic E-state index is 12.8. The van der Waals surface area contributed by atoms with Crippen LogP contribution in [-0.2, 0) is 0 Å². The van der Waals surface area contributed by atoms with Crippen LogP contribution in [0.25, 0.3) is 10.1 Å². The number of nitrogen functional groups attached to an aromatic ring is 1. The third kappa shape index (κ3) is 2.35. The van der Waals surface area contributed by atoms with E-state index < -0.39 is 0 Å². The lowest BCUT2D eigenvalue weighted by Crippen LogP contribution is -2.33. The van der Waals surface area contributed by atoms with Crippen LogP contribution in [0.3, 0.4) is 0 Å². The number of ether oxygens (including phenoxy) is 1. The highest BCUT2D eigenvalue weighted by molar-refractivity contribution is 7.21. The highest BCUT2D eigenvalue weighted by atomic mass is 32.1. The summed E-state index contributed by atoms with van der Waals surface area (Å²) < 4.78 is 6.23. The summed E-state index contributed by atoms with van der Waals surface area (Å²) in [5.74, 6) is 1.40. The Bertz CT molecular complexity index is 695. The number of nitrogens with two attached hydrogens (primary N) is 1. The second kappa shape index (κ2) is 5.22. The number of hydrogen-bond donors (Lipinski definition) is 1. The van der Waals surface area contributed by atoms with Crippen LogP contribution in [0.15, 0.2) is 18.2 Å². The number of benzene rings is 1. The predicted octanol–water partition coefficient (Wildman–Crippen LogP) is 3.36. The van der Waals surface area contributed by atoms with E-state index in [1.165, 1.54) is 11.3 Å². The first-order valence-corrected chi connectivity index (χ1v) is 8.00. The van der Waals surface area contributed by atoms with Crippen LogP contribution in [-0.4, -0.2) is 30.5 Å². The van der Waals surface area contributed by atoms with Crippen molar-refractivity contribution in [1.29, 1.82) is 0 Å². The molecule has 21 heavy (non-hydrogen) atoms. The number of hydrogen-bond acceptors (Lipinski definition) is 4. The van der Waals surface area contributed by atoms with Crippen molar-refractivity contribution in [1.82, 2.24) is 4.90 Å². The fourth-order valence-corrected chi connectivity index (χ4v) is 4.20. The Morgan fingerprint density at radius 1 is 1.43 bits per heavy atom. The molecule has 4 nitrogen and oxygen atoms in total. The van der Waals surface area contributed by atoms with Gasteiger partial charge in [-0.1, -0.05) is 6.92 Å². The number of rotatable bonds is 2. The van der Waals surface area contributed by atoms with E-state index in [4.69, 9.17) is 10.5 Å². The minimum absolute atomic E-state index is 0.0597. The van der Waals surface area contributed by atoms with Gasteiger partial charge in [0, 0.05) is 22.7 Å². The number of thiophene rings is 1. The lowest BCUT2D eigenvalue weighted by atomic mass is 10.1. The minimum atomic E-state index is 0.0597. The smallest absolute Gasteiger partial charge is 0.266 e. The van der Waals surface area contributed by atoms with Gasteiger partial charge >= 0.3 is 0 Å². The summed E-state index contributed by atoms with van der Waals surface area (Å²) in [6.07, 6.45) is 1.06. The van der Waals surface area contributed by atoms with Crippen LogP contribution in [0, 0.1) is 5.92 Å².